The summed E-state index contributed by atoms with van der Waals surface area (Å²) in [4.78, 5) is 0. The van der Waals surface area contributed by atoms with Gasteiger partial charge in [0.05, 0.1) is 0 Å². The standard InChI is InChI=1S/C16H24FNO/c1-2-8-18-16(11-13-6-9-19-10-7-13)14-4-3-5-15(17)12-14/h3-5,12-13,16,18H,2,6-11H2,1H3. The monoisotopic (exact) mass is 265 g/mol. The number of nitrogens with one attached hydrogen (secondary N) is 1. The lowest BCUT2D eigenvalue weighted by Crippen LogP contribution is -2.27. The highest BCUT2D eigenvalue weighted by Gasteiger charge is 2.20. The third-order valence-corrected chi connectivity index (χ3v) is 3.80. The average Bonchev–Trinajstić information content (AvgIpc) is 2.44. The van der Waals surface area contributed by atoms with Gasteiger partial charge in [0.15, 0.2) is 0 Å². The molecule has 0 aromatic heterocycles. The zero-order chi connectivity index (χ0) is 13.5. The first-order chi connectivity index (χ1) is 9.29. The van der Waals surface area contributed by atoms with Crippen LogP contribution in [0, 0.1) is 11.7 Å². The third-order valence-electron chi connectivity index (χ3n) is 3.80. The normalized spacial score (nSPS) is 18.4. The van der Waals surface area contributed by atoms with Crippen molar-refractivity contribution in [2.75, 3.05) is 19.8 Å². The largest absolute Gasteiger partial charge is 0.381 e. The van der Waals surface area contributed by atoms with Crippen LogP contribution in [0.25, 0.3) is 0 Å². The molecule has 0 radical (unpaired) electrons. The Labute approximate surface area is 115 Å². The number of ether oxygens (including phenoxy) is 1. The summed E-state index contributed by atoms with van der Waals surface area (Å²) in [5, 5.41) is 3.55. The topological polar surface area (TPSA) is 21.3 Å². The summed E-state index contributed by atoms with van der Waals surface area (Å²) in [5.74, 6) is 0.541. The summed E-state index contributed by atoms with van der Waals surface area (Å²) in [7, 11) is 0. The third kappa shape index (κ3) is 4.59. The smallest absolute Gasteiger partial charge is 0.123 e. The quantitative estimate of drug-likeness (QED) is 0.847. The van der Waals surface area contributed by atoms with E-state index in [1.165, 1.54) is 6.07 Å². The van der Waals surface area contributed by atoms with Crippen LogP contribution < -0.4 is 5.32 Å². The van der Waals surface area contributed by atoms with Crippen molar-refractivity contribution in [3.63, 3.8) is 0 Å². The number of halogens is 1. The van der Waals surface area contributed by atoms with E-state index in [0.29, 0.717) is 5.92 Å². The Hall–Kier alpha value is -0.930. The lowest BCUT2D eigenvalue weighted by atomic mass is 9.89. The van der Waals surface area contributed by atoms with Crippen molar-refractivity contribution in [2.45, 2.75) is 38.6 Å². The first-order valence-electron chi connectivity index (χ1n) is 7.36. The predicted molar refractivity (Wildman–Crippen MR) is 75.6 cm³/mol. The molecule has 1 saturated heterocycles. The zero-order valence-electron chi connectivity index (χ0n) is 11.7. The van der Waals surface area contributed by atoms with Gasteiger partial charge in [0, 0.05) is 19.3 Å². The molecule has 0 spiro atoms. The van der Waals surface area contributed by atoms with Crippen LogP contribution in [-0.4, -0.2) is 19.8 Å². The lowest BCUT2D eigenvalue weighted by Gasteiger charge is -2.27. The molecule has 1 atom stereocenters. The SMILES string of the molecule is CCCNC(CC1CCOCC1)c1cccc(F)c1. The highest BCUT2D eigenvalue weighted by atomic mass is 19.1. The van der Waals surface area contributed by atoms with Gasteiger partial charge in [-0.25, -0.2) is 4.39 Å². The average molecular weight is 265 g/mol. The van der Waals surface area contributed by atoms with Gasteiger partial charge in [-0.3, -0.25) is 0 Å². The summed E-state index contributed by atoms with van der Waals surface area (Å²) in [6, 6.07) is 7.26. The Balaban J connectivity index is 2.01. The fourth-order valence-corrected chi connectivity index (χ4v) is 2.69. The van der Waals surface area contributed by atoms with E-state index >= 15 is 0 Å². The van der Waals surface area contributed by atoms with E-state index in [9.17, 15) is 4.39 Å². The molecule has 0 aliphatic carbocycles. The van der Waals surface area contributed by atoms with Crippen molar-refractivity contribution in [3.05, 3.63) is 35.6 Å². The van der Waals surface area contributed by atoms with E-state index in [2.05, 4.69) is 12.2 Å². The Morgan fingerprint density at radius 3 is 2.84 bits per heavy atom. The van der Waals surface area contributed by atoms with Crippen LogP contribution in [-0.2, 0) is 4.74 Å². The van der Waals surface area contributed by atoms with Gasteiger partial charge < -0.3 is 10.1 Å². The molecule has 1 aliphatic rings. The second-order valence-corrected chi connectivity index (χ2v) is 5.35. The van der Waals surface area contributed by atoms with Crippen LogP contribution in [0.15, 0.2) is 24.3 Å². The molecule has 1 heterocycles. The molecule has 106 valence electrons. The molecular formula is C16H24FNO. The molecule has 0 amide bonds. The molecule has 1 aromatic carbocycles. The molecule has 1 aromatic rings. The van der Waals surface area contributed by atoms with Gasteiger partial charge in [0.2, 0.25) is 0 Å². The molecule has 0 saturated carbocycles. The fraction of sp³-hybridized carbons (Fsp3) is 0.625. The Bertz CT molecular complexity index is 377. The van der Waals surface area contributed by atoms with Gasteiger partial charge in [-0.15, -0.1) is 0 Å². The second-order valence-electron chi connectivity index (χ2n) is 5.35. The number of rotatable bonds is 6. The minimum absolute atomic E-state index is 0.146. The number of hydrogen-bond acceptors (Lipinski definition) is 2. The van der Waals surface area contributed by atoms with Crippen molar-refractivity contribution in [2.24, 2.45) is 5.92 Å². The number of hydrogen-bond donors (Lipinski definition) is 1. The van der Waals surface area contributed by atoms with Crippen LogP contribution in [0.3, 0.4) is 0 Å². The molecule has 3 heteroatoms. The van der Waals surface area contributed by atoms with E-state index < -0.39 is 0 Å². The van der Waals surface area contributed by atoms with Crippen molar-refractivity contribution in [1.29, 1.82) is 0 Å². The first kappa shape index (κ1) is 14.5. The lowest BCUT2D eigenvalue weighted by molar-refractivity contribution is 0.0605. The van der Waals surface area contributed by atoms with Crippen LogP contribution in [0.4, 0.5) is 4.39 Å². The van der Waals surface area contributed by atoms with Gasteiger partial charge in [-0.1, -0.05) is 19.1 Å². The van der Waals surface area contributed by atoms with E-state index in [1.807, 2.05) is 6.07 Å². The van der Waals surface area contributed by atoms with Crippen molar-refractivity contribution in [3.8, 4) is 0 Å². The van der Waals surface area contributed by atoms with Crippen molar-refractivity contribution >= 4 is 0 Å². The van der Waals surface area contributed by atoms with Crippen LogP contribution in [0.1, 0.15) is 44.2 Å². The zero-order valence-corrected chi connectivity index (χ0v) is 11.7. The van der Waals surface area contributed by atoms with Crippen molar-refractivity contribution < 1.29 is 9.13 Å². The molecule has 1 N–H and O–H groups in total. The molecular weight excluding hydrogens is 241 g/mol. The molecule has 1 aliphatic heterocycles. The minimum Gasteiger partial charge on any atom is -0.381 e. The maximum Gasteiger partial charge on any atom is 0.123 e. The van der Waals surface area contributed by atoms with Gasteiger partial charge in [-0.2, -0.15) is 0 Å². The summed E-state index contributed by atoms with van der Waals surface area (Å²) >= 11 is 0. The summed E-state index contributed by atoms with van der Waals surface area (Å²) < 4.78 is 18.8. The van der Waals surface area contributed by atoms with Gasteiger partial charge in [-0.05, 0) is 55.8 Å². The van der Waals surface area contributed by atoms with Gasteiger partial charge in [0.1, 0.15) is 5.82 Å². The molecule has 2 nitrogen and oxygen atoms in total. The Morgan fingerprint density at radius 1 is 1.37 bits per heavy atom. The highest BCUT2D eigenvalue weighted by Crippen LogP contribution is 2.28. The Morgan fingerprint density at radius 2 is 2.16 bits per heavy atom. The maximum absolute atomic E-state index is 13.4. The summed E-state index contributed by atoms with van der Waals surface area (Å²) in [6.07, 6.45) is 4.42. The maximum atomic E-state index is 13.4. The Kier molecular flexibility index (Phi) is 5.80. The van der Waals surface area contributed by atoms with Crippen LogP contribution in [0.2, 0.25) is 0 Å². The number of benzene rings is 1. The van der Waals surface area contributed by atoms with Gasteiger partial charge in [0.25, 0.3) is 0 Å². The molecule has 1 fully saturated rings. The molecule has 1 unspecified atom stereocenters. The van der Waals surface area contributed by atoms with Crippen LogP contribution in [0.5, 0.6) is 0 Å². The first-order valence-corrected chi connectivity index (χ1v) is 7.36. The highest BCUT2D eigenvalue weighted by molar-refractivity contribution is 5.20. The second kappa shape index (κ2) is 7.61. The van der Waals surface area contributed by atoms with Crippen LogP contribution >= 0.6 is 0 Å². The summed E-state index contributed by atoms with van der Waals surface area (Å²) in [6.45, 7) is 4.87. The summed E-state index contributed by atoms with van der Waals surface area (Å²) in [5.41, 5.74) is 1.07. The van der Waals surface area contributed by atoms with E-state index in [1.54, 1.807) is 12.1 Å². The van der Waals surface area contributed by atoms with E-state index in [0.717, 1.165) is 51.0 Å². The molecule has 0 bridgehead atoms. The predicted octanol–water partition coefficient (Wildman–Crippen LogP) is 3.68. The fourth-order valence-electron chi connectivity index (χ4n) is 2.69. The van der Waals surface area contributed by atoms with Crippen molar-refractivity contribution in [1.82, 2.24) is 5.32 Å². The van der Waals surface area contributed by atoms with E-state index in [4.69, 9.17) is 4.74 Å². The molecule has 2 rings (SSSR count). The minimum atomic E-state index is -0.146. The van der Waals surface area contributed by atoms with Gasteiger partial charge >= 0.3 is 0 Å². The molecule has 19 heavy (non-hydrogen) atoms. The van der Waals surface area contributed by atoms with E-state index in [-0.39, 0.29) is 11.9 Å².